The highest BCUT2D eigenvalue weighted by Crippen LogP contribution is 2.31. The van der Waals surface area contributed by atoms with Crippen LogP contribution in [0.3, 0.4) is 0 Å². The third-order valence-electron chi connectivity index (χ3n) is 5.67. The third kappa shape index (κ3) is 5.44. The number of aliphatic hydroxyl groups is 2. The predicted octanol–water partition coefficient (Wildman–Crippen LogP) is 4.25. The lowest BCUT2D eigenvalue weighted by atomic mass is 9.98. The fraction of sp³-hybridized carbons (Fsp3) is 0.115. The zero-order chi connectivity index (χ0) is 29.6. The first kappa shape index (κ1) is 28.4. The van der Waals surface area contributed by atoms with E-state index in [4.69, 9.17) is 5.73 Å². The van der Waals surface area contributed by atoms with Crippen LogP contribution in [-0.2, 0) is 10.0 Å². The van der Waals surface area contributed by atoms with E-state index in [0.29, 0.717) is 23.2 Å². The average Bonchev–Trinajstić information content (AvgIpc) is 3.29. The van der Waals surface area contributed by atoms with Crippen molar-refractivity contribution in [3.63, 3.8) is 0 Å². The number of Topliss-reactive ketones (excluding diaryl/α,β-unsaturated/α-hetero) is 1. The number of aromatic amines is 1. The quantitative estimate of drug-likeness (QED) is 0.0487. The average molecular weight is 577 g/mol. The second kappa shape index (κ2) is 10.2. The molecule has 0 unspecified atom stereocenters. The lowest BCUT2D eigenvalue weighted by molar-refractivity contribution is 0.105. The Bertz CT molecular complexity index is 1810. The van der Waals surface area contributed by atoms with Crippen LogP contribution in [0.1, 0.15) is 35.6 Å². The summed E-state index contributed by atoms with van der Waals surface area (Å²) in [6, 6.07) is 8.96. The van der Waals surface area contributed by atoms with E-state index in [1.165, 1.54) is 0 Å². The van der Waals surface area contributed by atoms with Gasteiger partial charge in [-0.3, -0.25) is 4.79 Å². The van der Waals surface area contributed by atoms with Crippen molar-refractivity contribution in [3.8, 4) is 0 Å². The zero-order valence-corrected chi connectivity index (χ0v) is 21.5. The lowest BCUT2D eigenvalue weighted by Gasteiger charge is -2.16. The molecular weight excluding hydrogens is 556 g/mol. The summed E-state index contributed by atoms with van der Waals surface area (Å²) in [6.07, 6.45) is 0. The van der Waals surface area contributed by atoms with Crippen LogP contribution >= 0.6 is 0 Å². The standard InChI is InChI=1S/C26H20F4N4O5S/c1-26(2,37)25(31)34-40(38,39)20-9-12(7-8-14(20)27)22(35)21(24-32-18-5-3-4-6-19(18)33-24)23(36)13-10-16(29)17(30)11-15(13)28/h3-11,35,37H,1-2H3,(H2,31,34)(H,32,33)/b22-21-. The van der Waals surface area contributed by atoms with E-state index in [1.54, 1.807) is 24.3 Å². The van der Waals surface area contributed by atoms with E-state index in [9.17, 15) is 41.0 Å². The molecule has 4 rings (SSSR count). The molecule has 14 heteroatoms. The number of para-hydroxylation sites is 2. The largest absolute Gasteiger partial charge is 0.506 e. The van der Waals surface area contributed by atoms with E-state index in [-0.39, 0.29) is 18.0 Å². The van der Waals surface area contributed by atoms with Crippen LogP contribution in [0, 0.1) is 23.3 Å². The molecule has 0 saturated heterocycles. The van der Waals surface area contributed by atoms with Crippen molar-refractivity contribution in [1.82, 2.24) is 9.97 Å². The molecule has 0 spiro atoms. The number of carbonyl (C=O) groups excluding carboxylic acids is 1. The summed E-state index contributed by atoms with van der Waals surface area (Å²) in [6.45, 7) is 2.29. The monoisotopic (exact) mass is 576 g/mol. The highest BCUT2D eigenvalue weighted by atomic mass is 32.2. The predicted molar refractivity (Wildman–Crippen MR) is 138 cm³/mol. The second-order valence-corrected chi connectivity index (χ2v) is 10.6. The first-order valence-electron chi connectivity index (χ1n) is 11.3. The number of halogens is 4. The van der Waals surface area contributed by atoms with Gasteiger partial charge in [0.15, 0.2) is 11.6 Å². The summed E-state index contributed by atoms with van der Waals surface area (Å²) < 4.78 is 85.5. The maximum absolute atomic E-state index is 14.6. The number of carbonyl (C=O) groups is 1. The molecule has 208 valence electrons. The molecule has 0 bridgehead atoms. The van der Waals surface area contributed by atoms with E-state index in [0.717, 1.165) is 19.9 Å². The molecule has 4 aromatic rings. The van der Waals surface area contributed by atoms with Gasteiger partial charge >= 0.3 is 0 Å². The molecule has 40 heavy (non-hydrogen) atoms. The Labute approximate surface area is 224 Å². The minimum Gasteiger partial charge on any atom is -0.506 e. The van der Waals surface area contributed by atoms with Gasteiger partial charge in [-0.2, -0.15) is 8.42 Å². The number of nitrogens with two attached hydrogens (primary N) is 1. The first-order valence-corrected chi connectivity index (χ1v) is 12.7. The Kier molecular flexibility index (Phi) is 7.26. The molecule has 5 N–H and O–H groups in total. The Balaban J connectivity index is 1.97. The number of amidine groups is 1. The Morgan fingerprint density at radius 3 is 2.27 bits per heavy atom. The number of hydrogen-bond acceptors (Lipinski definition) is 6. The summed E-state index contributed by atoms with van der Waals surface area (Å²) in [5.41, 5.74) is 2.11. The summed E-state index contributed by atoms with van der Waals surface area (Å²) in [5, 5.41) is 21.1. The van der Waals surface area contributed by atoms with Crippen molar-refractivity contribution in [2.45, 2.75) is 24.3 Å². The normalized spacial score (nSPS) is 13.4. The minimum atomic E-state index is -4.90. The topological polar surface area (TPSA) is 159 Å². The smallest absolute Gasteiger partial charge is 0.286 e. The number of imidazole rings is 1. The molecule has 0 saturated carbocycles. The van der Waals surface area contributed by atoms with Gasteiger partial charge in [-0.15, -0.1) is 4.40 Å². The number of hydrogen-bond donors (Lipinski definition) is 4. The van der Waals surface area contributed by atoms with Crippen LogP contribution in [0.4, 0.5) is 17.6 Å². The van der Waals surface area contributed by atoms with Gasteiger partial charge < -0.3 is 20.9 Å². The highest BCUT2D eigenvalue weighted by Gasteiger charge is 2.29. The number of allylic oxidation sites excluding steroid dienone is 1. The van der Waals surface area contributed by atoms with Crippen molar-refractivity contribution in [2.75, 3.05) is 0 Å². The molecule has 0 aliphatic carbocycles. The number of ketones is 1. The van der Waals surface area contributed by atoms with Gasteiger partial charge in [0.2, 0.25) is 5.78 Å². The molecule has 0 atom stereocenters. The molecule has 3 aromatic carbocycles. The van der Waals surface area contributed by atoms with Crippen molar-refractivity contribution >= 4 is 44.0 Å². The number of fused-ring (bicyclic) bond motifs is 1. The summed E-state index contributed by atoms with van der Waals surface area (Å²) >= 11 is 0. The van der Waals surface area contributed by atoms with E-state index < -0.39 is 77.9 Å². The van der Waals surface area contributed by atoms with Crippen LogP contribution in [-0.4, -0.2) is 45.8 Å². The molecule has 0 aliphatic rings. The van der Waals surface area contributed by atoms with Gasteiger partial charge in [-0.25, -0.2) is 22.5 Å². The summed E-state index contributed by atoms with van der Waals surface area (Å²) in [5.74, 6) is -9.35. The number of aromatic nitrogens is 2. The number of sulfonamides is 1. The number of nitrogens with one attached hydrogen (secondary N) is 1. The van der Waals surface area contributed by atoms with Crippen molar-refractivity contribution in [2.24, 2.45) is 10.1 Å². The van der Waals surface area contributed by atoms with Crippen molar-refractivity contribution < 1.29 is 41.0 Å². The molecule has 9 nitrogen and oxygen atoms in total. The molecule has 1 heterocycles. The van der Waals surface area contributed by atoms with Crippen LogP contribution in [0.15, 0.2) is 63.9 Å². The molecular formula is C26H20F4N4O5S. The summed E-state index contributed by atoms with van der Waals surface area (Å²) in [4.78, 5) is 19.3. The summed E-state index contributed by atoms with van der Waals surface area (Å²) in [7, 11) is -4.90. The molecule has 0 amide bonds. The molecule has 1 aromatic heterocycles. The first-order chi connectivity index (χ1) is 18.6. The van der Waals surface area contributed by atoms with Gasteiger partial charge in [0.05, 0.1) is 16.6 Å². The van der Waals surface area contributed by atoms with Gasteiger partial charge in [-0.05, 0) is 50.2 Å². The van der Waals surface area contributed by atoms with Gasteiger partial charge in [0.25, 0.3) is 10.0 Å². The van der Waals surface area contributed by atoms with E-state index in [2.05, 4.69) is 14.4 Å². The number of rotatable bonds is 7. The van der Waals surface area contributed by atoms with Crippen LogP contribution in [0.25, 0.3) is 22.4 Å². The lowest BCUT2D eigenvalue weighted by Crippen LogP contribution is -2.38. The van der Waals surface area contributed by atoms with Gasteiger partial charge in [-0.1, -0.05) is 12.1 Å². The zero-order valence-electron chi connectivity index (χ0n) is 20.7. The van der Waals surface area contributed by atoms with Crippen LogP contribution in [0.5, 0.6) is 0 Å². The minimum absolute atomic E-state index is 0.142. The van der Waals surface area contributed by atoms with Crippen LogP contribution in [0.2, 0.25) is 0 Å². The number of aliphatic hydroxyl groups excluding tert-OH is 1. The van der Waals surface area contributed by atoms with Crippen molar-refractivity contribution in [3.05, 3.63) is 94.8 Å². The maximum Gasteiger partial charge on any atom is 0.286 e. The molecule has 0 radical (unpaired) electrons. The fourth-order valence-corrected chi connectivity index (χ4v) is 4.68. The molecule has 0 fully saturated rings. The number of benzene rings is 3. The Hall–Kier alpha value is -4.56. The van der Waals surface area contributed by atoms with Gasteiger partial charge in [0, 0.05) is 11.6 Å². The Morgan fingerprint density at radius 1 is 0.975 bits per heavy atom. The highest BCUT2D eigenvalue weighted by molar-refractivity contribution is 7.90. The fourth-order valence-electron chi connectivity index (χ4n) is 3.51. The second-order valence-electron chi connectivity index (χ2n) is 9.06. The van der Waals surface area contributed by atoms with Crippen LogP contribution < -0.4 is 5.73 Å². The SMILES string of the molecule is CC(C)(O)/C(N)=N/S(=O)(=O)c1cc(/C(O)=C(\C(=O)c2cc(F)c(F)cc2F)c2nc3ccccc3[nH]2)ccc1F. The van der Waals surface area contributed by atoms with Gasteiger partial charge in [0.1, 0.15) is 45.1 Å². The Morgan fingerprint density at radius 2 is 1.62 bits per heavy atom. The number of nitrogens with zero attached hydrogens (tertiary/aromatic N) is 2. The van der Waals surface area contributed by atoms with Crippen molar-refractivity contribution in [1.29, 1.82) is 0 Å². The van der Waals surface area contributed by atoms with E-state index in [1.807, 2.05) is 0 Å². The number of H-pyrrole nitrogens is 1. The van der Waals surface area contributed by atoms with E-state index >= 15 is 0 Å². The molecule has 0 aliphatic heterocycles. The third-order valence-corrected chi connectivity index (χ3v) is 6.98. The maximum atomic E-state index is 14.6.